The molecule has 2 aromatic rings. The van der Waals surface area contributed by atoms with Crippen molar-refractivity contribution in [3.63, 3.8) is 0 Å². The predicted octanol–water partition coefficient (Wildman–Crippen LogP) is 2.83. The van der Waals surface area contributed by atoms with E-state index in [9.17, 15) is 10.2 Å². The zero-order valence-electron chi connectivity index (χ0n) is 9.88. The minimum atomic E-state index is 0.0659. The van der Waals surface area contributed by atoms with Gasteiger partial charge in [0.05, 0.1) is 0 Å². The Balaban J connectivity index is 2.40. The molecular formula is C14H15NO2. The number of benzene rings is 2. The van der Waals surface area contributed by atoms with Crippen molar-refractivity contribution in [1.29, 1.82) is 0 Å². The normalized spacial score (nSPS) is 10.2. The Bertz CT molecular complexity index is 518. The Kier molecular flexibility index (Phi) is 2.91. The molecule has 0 aliphatic carbocycles. The summed E-state index contributed by atoms with van der Waals surface area (Å²) in [6.45, 7) is 0. The average molecular weight is 229 g/mol. The Morgan fingerprint density at radius 1 is 0.882 bits per heavy atom. The van der Waals surface area contributed by atoms with E-state index in [1.807, 2.05) is 43.3 Å². The van der Waals surface area contributed by atoms with Gasteiger partial charge in [0.1, 0.15) is 11.5 Å². The highest BCUT2D eigenvalue weighted by Crippen LogP contribution is 2.32. The smallest absolute Gasteiger partial charge is 0.127 e. The quantitative estimate of drug-likeness (QED) is 0.832. The second-order valence-corrected chi connectivity index (χ2v) is 4.14. The van der Waals surface area contributed by atoms with Crippen molar-refractivity contribution in [2.45, 2.75) is 0 Å². The predicted molar refractivity (Wildman–Crippen MR) is 69.5 cm³/mol. The molecule has 0 saturated carbocycles. The SMILES string of the molecule is CN(C)c1ccc(-c2ccc(O)cc2O)cc1. The number of rotatable bonds is 2. The number of nitrogens with zero attached hydrogens (tertiary/aromatic N) is 1. The largest absolute Gasteiger partial charge is 0.508 e. The molecule has 2 aromatic carbocycles. The Labute approximate surface area is 101 Å². The number of hydrogen-bond acceptors (Lipinski definition) is 3. The number of aromatic hydroxyl groups is 2. The molecule has 0 fully saturated rings. The molecule has 0 heterocycles. The van der Waals surface area contributed by atoms with Crippen molar-refractivity contribution in [2.24, 2.45) is 0 Å². The third kappa shape index (κ3) is 2.33. The molecule has 0 aromatic heterocycles. The van der Waals surface area contributed by atoms with Crippen LogP contribution in [0.4, 0.5) is 5.69 Å². The van der Waals surface area contributed by atoms with Crippen LogP contribution in [0.15, 0.2) is 42.5 Å². The van der Waals surface area contributed by atoms with Crippen LogP contribution in [0, 0.1) is 0 Å². The molecule has 0 radical (unpaired) electrons. The molecule has 88 valence electrons. The second kappa shape index (κ2) is 4.37. The van der Waals surface area contributed by atoms with Crippen LogP contribution in [0.2, 0.25) is 0 Å². The van der Waals surface area contributed by atoms with Gasteiger partial charge in [-0.25, -0.2) is 0 Å². The molecule has 17 heavy (non-hydrogen) atoms. The van der Waals surface area contributed by atoms with Crippen molar-refractivity contribution >= 4 is 5.69 Å². The van der Waals surface area contributed by atoms with Gasteiger partial charge in [-0.05, 0) is 29.8 Å². The van der Waals surface area contributed by atoms with Gasteiger partial charge >= 0.3 is 0 Å². The van der Waals surface area contributed by atoms with E-state index in [2.05, 4.69) is 0 Å². The first kappa shape index (κ1) is 11.3. The van der Waals surface area contributed by atoms with Crippen molar-refractivity contribution < 1.29 is 10.2 Å². The van der Waals surface area contributed by atoms with Crippen LogP contribution < -0.4 is 4.90 Å². The summed E-state index contributed by atoms with van der Waals surface area (Å²) in [5.74, 6) is 0.152. The molecule has 2 N–H and O–H groups in total. The van der Waals surface area contributed by atoms with Gasteiger partial charge in [0, 0.05) is 31.4 Å². The van der Waals surface area contributed by atoms with Crippen molar-refractivity contribution in [1.82, 2.24) is 0 Å². The highest BCUT2D eigenvalue weighted by atomic mass is 16.3. The highest BCUT2D eigenvalue weighted by molar-refractivity contribution is 5.72. The lowest BCUT2D eigenvalue weighted by molar-refractivity contribution is 0.452. The van der Waals surface area contributed by atoms with Gasteiger partial charge in [-0.1, -0.05) is 12.1 Å². The van der Waals surface area contributed by atoms with E-state index in [4.69, 9.17) is 0 Å². The van der Waals surface area contributed by atoms with Crippen molar-refractivity contribution in [3.05, 3.63) is 42.5 Å². The molecule has 0 atom stereocenters. The van der Waals surface area contributed by atoms with Gasteiger partial charge in [-0.2, -0.15) is 0 Å². The topological polar surface area (TPSA) is 43.7 Å². The summed E-state index contributed by atoms with van der Waals surface area (Å²) in [7, 11) is 3.96. The number of hydrogen-bond donors (Lipinski definition) is 2. The molecule has 0 aliphatic heterocycles. The summed E-state index contributed by atoms with van der Waals surface area (Å²) in [4.78, 5) is 2.01. The summed E-state index contributed by atoms with van der Waals surface area (Å²) in [5.41, 5.74) is 2.74. The first-order chi connectivity index (χ1) is 8.08. The fourth-order valence-electron chi connectivity index (χ4n) is 1.70. The summed E-state index contributed by atoms with van der Waals surface area (Å²) in [5, 5.41) is 19.0. The van der Waals surface area contributed by atoms with Crippen LogP contribution in [-0.2, 0) is 0 Å². The summed E-state index contributed by atoms with van der Waals surface area (Å²) < 4.78 is 0. The Morgan fingerprint density at radius 2 is 1.53 bits per heavy atom. The van der Waals surface area contributed by atoms with E-state index in [1.165, 1.54) is 6.07 Å². The van der Waals surface area contributed by atoms with Crippen LogP contribution in [0.5, 0.6) is 11.5 Å². The third-order valence-electron chi connectivity index (χ3n) is 2.68. The Hall–Kier alpha value is -2.16. The maximum Gasteiger partial charge on any atom is 0.127 e. The molecule has 3 heteroatoms. The van der Waals surface area contributed by atoms with Gasteiger partial charge in [-0.3, -0.25) is 0 Å². The maximum absolute atomic E-state index is 9.75. The molecular weight excluding hydrogens is 214 g/mol. The summed E-state index contributed by atoms with van der Waals surface area (Å²) >= 11 is 0. The summed E-state index contributed by atoms with van der Waals surface area (Å²) in [6, 6.07) is 12.5. The minimum absolute atomic E-state index is 0.0659. The lowest BCUT2D eigenvalue weighted by atomic mass is 10.0. The molecule has 0 bridgehead atoms. The monoisotopic (exact) mass is 229 g/mol. The van der Waals surface area contributed by atoms with Gasteiger partial charge in [0.25, 0.3) is 0 Å². The zero-order valence-corrected chi connectivity index (χ0v) is 9.88. The lowest BCUT2D eigenvalue weighted by Crippen LogP contribution is -2.07. The number of phenols is 2. The zero-order chi connectivity index (χ0) is 12.4. The average Bonchev–Trinajstić information content (AvgIpc) is 2.29. The van der Waals surface area contributed by atoms with E-state index >= 15 is 0 Å². The molecule has 0 saturated heterocycles. The third-order valence-corrected chi connectivity index (χ3v) is 2.68. The van der Waals surface area contributed by atoms with Crippen LogP contribution in [0.25, 0.3) is 11.1 Å². The molecule has 0 spiro atoms. The fourth-order valence-corrected chi connectivity index (χ4v) is 1.70. The van der Waals surface area contributed by atoms with Crippen LogP contribution in [0.3, 0.4) is 0 Å². The van der Waals surface area contributed by atoms with Crippen LogP contribution in [0.1, 0.15) is 0 Å². The number of anilines is 1. The van der Waals surface area contributed by atoms with Gasteiger partial charge in [0.2, 0.25) is 0 Å². The lowest BCUT2D eigenvalue weighted by Gasteiger charge is -2.13. The second-order valence-electron chi connectivity index (χ2n) is 4.14. The molecule has 0 amide bonds. The standard InChI is InChI=1S/C14H15NO2/c1-15(2)11-5-3-10(4-6-11)13-8-7-12(16)9-14(13)17/h3-9,16-17H,1-2H3. The fraction of sp³-hybridized carbons (Fsp3) is 0.143. The highest BCUT2D eigenvalue weighted by Gasteiger charge is 2.05. The minimum Gasteiger partial charge on any atom is -0.508 e. The number of phenolic OH excluding ortho intramolecular Hbond substituents is 2. The van der Waals surface area contributed by atoms with Crippen molar-refractivity contribution in [3.8, 4) is 22.6 Å². The van der Waals surface area contributed by atoms with Crippen LogP contribution in [-0.4, -0.2) is 24.3 Å². The van der Waals surface area contributed by atoms with Crippen LogP contribution >= 0.6 is 0 Å². The van der Waals surface area contributed by atoms with Gasteiger partial charge < -0.3 is 15.1 Å². The molecule has 3 nitrogen and oxygen atoms in total. The summed E-state index contributed by atoms with van der Waals surface area (Å²) in [6.07, 6.45) is 0. The van der Waals surface area contributed by atoms with Gasteiger partial charge in [-0.15, -0.1) is 0 Å². The maximum atomic E-state index is 9.75. The molecule has 2 rings (SSSR count). The van der Waals surface area contributed by atoms with E-state index in [-0.39, 0.29) is 11.5 Å². The van der Waals surface area contributed by atoms with E-state index < -0.39 is 0 Å². The first-order valence-electron chi connectivity index (χ1n) is 5.37. The van der Waals surface area contributed by atoms with Gasteiger partial charge in [0.15, 0.2) is 0 Å². The Morgan fingerprint density at radius 3 is 2.06 bits per heavy atom. The van der Waals surface area contributed by atoms with E-state index in [0.717, 1.165) is 11.3 Å². The van der Waals surface area contributed by atoms with Crippen molar-refractivity contribution in [2.75, 3.05) is 19.0 Å². The molecule has 0 aliphatic rings. The first-order valence-corrected chi connectivity index (χ1v) is 5.37. The molecule has 0 unspecified atom stereocenters. The van der Waals surface area contributed by atoms with E-state index in [0.29, 0.717) is 5.56 Å². The van der Waals surface area contributed by atoms with E-state index in [1.54, 1.807) is 12.1 Å².